The van der Waals surface area contributed by atoms with Crippen molar-refractivity contribution in [3.8, 4) is 11.4 Å². The standard InChI is InChI=1S/C24H31N5O2/c1-17-7-6-9-20(15-17)22-25-16-21(23(26-22)29-10-5-4-8-18(29)2)24(31)28-13-11-27(12-14-28)19(3)30/h6-7,9,15-16,18H,4-5,8,10-14H2,1-3H3/t18-/m1/s1. The van der Waals surface area contributed by atoms with Gasteiger partial charge >= 0.3 is 0 Å². The SMILES string of the molecule is CC(=O)N1CCN(C(=O)c2cnc(-c3cccc(C)c3)nc2N2CCCC[C@H]2C)CC1. The van der Waals surface area contributed by atoms with E-state index in [0.29, 0.717) is 43.6 Å². The van der Waals surface area contributed by atoms with Crippen molar-refractivity contribution in [1.29, 1.82) is 0 Å². The van der Waals surface area contributed by atoms with E-state index < -0.39 is 0 Å². The number of benzene rings is 1. The molecule has 7 nitrogen and oxygen atoms in total. The number of hydrogen-bond donors (Lipinski definition) is 0. The van der Waals surface area contributed by atoms with Crippen molar-refractivity contribution in [3.63, 3.8) is 0 Å². The number of aromatic nitrogens is 2. The number of rotatable bonds is 3. The third kappa shape index (κ3) is 4.55. The van der Waals surface area contributed by atoms with Crippen molar-refractivity contribution in [2.45, 2.75) is 46.1 Å². The molecule has 0 saturated carbocycles. The highest BCUT2D eigenvalue weighted by molar-refractivity contribution is 5.99. The number of nitrogens with zero attached hydrogens (tertiary/aromatic N) is 5. The minimum Gasteiger partial charge on any atom is -0.353 e. The lowest BCUT2D eigenvalue weighted by Crippen LogP contribution is -2.50. The van der Waals surface area contributed by atoms with Gasteiger partial charge in [-0.25, -0.2) is 9.97 Å². The Morgan fingerprint density at radius 3 is 2.45 bits per heavy atom. The van der Waals surface area contributed by atoms with Crippen molar-refractivity contribution in [2.24, 2.45) is 0 Å². The summed E-state index contributed by atoms with van der Waals surface area (Å²) in [6, 6.07) is 8.46. The van der Waals surface area contributed by atoms with Gasteiger partial charge in [0.1, 0.15) is 11.4 Å². The molecule has 0 N–H and O–H groups in total. The Morgan fingerprint density at radius 2 is 1.77 bits per heavy atom. The second kappa shape index (κ2) is 9.04. The van der Waals surface area contributed by atoms with Gasteiger partial charge in [0, 0.05) is 57.4 Å². The van der Waals surface area contributed by atoms with Gasteiger partial charge in [-0.15, -0.1) is 0 Å². The molecule has 7 heteroatoms. The number of anilines is 1. The molecule has 0 aliphatic carbocycles. The summed E-state index contributed by atoms with van der Waals surface area (Å²) in [4.78, 5) is 40.5. The maximum atomic E-state index is 13.5. The number of piperidine rings is 1. The zero-order valence-electron chi connectivity index (χ0n) is 18.7. The van der Waals surface area contributed by atoms with Crippen LogP contribution in [-0.2, 0) is 4.79 Å². The van der Waals surface area contributed by atoms with Gasteiger partial charge in [0.2, 0.25) is 5.91 Å². The molecular formula is C24H31N5O2. The molecule has 0 unspecified atom stereocenters. The Balaban J connectivity index is 1.68. The third-order valence-corrected chi connectivity index (χ3v) is 6.36. The maximum Gasteiger partial charge on any atom is 0.259 e. The highest BCUT2D eigenvalue weighted by Crippen LogP contribution is 2.29. The van der Waals surface area contributed by atoms with Crippen molar-refractivity contribution < 1.29 is 9.59 Å². The van der Waals surface area contributed by atoms with E-state index in [-0.39, 0.29) is 11.8 Å². The lowest BCUT2D eigenvalue weighted by molar-refractivity contribution is -0.130. The first-order valence-corrected chi connectivity index (χ1v) is 11.2. The van der Waals surface area contributed by atoms with Gasteiger partial charge in [0.15, 0.2) is 5.82 Å². The van der Waals surface area contributed by atoms with Crippen LogP contribution in [0.2, 0.25) is 0 Å². The van der Waals surface area contributed by atoms with E-state index in [4.69, 9.17) is 4.98 Å². The summed E-state index contributed by atoms with van der Waals surface area (Å²) in [5.41, 5.74) is 2.67. The fourth-order valence-electron chi connectivity index (χ4n) is 4.47. The molecule has 31 heavy (non-hydrogen) atoms. The Hall–Kier alpha value is -2.96. The summed E-state index contributed by atoms with van der Waals surface area (Å²) in [6.45, 7) is 8.93. The number of amides is 2. The highest BCUT2D eigenvalue weighted by atomic mass is 16.2. The fraction of sp³-hybridized carbons (Fsp3) is 0.500. The largest absolute Gasteiger partial charge is 0.353 e. The van der Waals surface area contributed by atoms with Crippen LogP contribution in [0.1, 0.15) is 49.0 Å². The number of aryl methyl sites for hydroxylation is 1. The molecule has 2 aliphatic rings. The summed E-state index contributed by atoms with van der Waals surface area (Å²) < 4.78 is 0. The van der Waals surface area contributed by atoms with Crippen LogP contribution in [0.3, 0.4) is 0 Å². The topological polar surface area (TPSA) is 69.6 Å². The molecular weight excluding hydrogens is 390 g/mol. The number of piperazine rings is 1. The number of hydrogen-bond acceptors (Lipinski definition) is 5. The van der Waals surface area contributed by atoms with E-state index in [1.807, 2.05) is 17.0 Å². The predicted octanol–water partition coefficient (Wildman–Crippen LogP) is 3.14. The molecule has 2 saturated heterocycles. The van der Waals surface area contributed by atoms with Crippen LogP contribution in [0, 0.1) is 6.92 Å². The first kappa shape index (κ1) is 21.3. The van der Waals surface area contributed by atoms with Crippen LogP contribution in [-0.4, -0.2) is 70.3 Å². The van der Waals surface area contributed by atoms with Gasteiger partial charge in [0.25, 0.3) is 5.91 Å². The predicted molar refractivity (Wildman–Crippen MR) is 121 cm³/mol. The average Bonchev–Trinajstić information content (AvgIpc) is 2.78. The Kier molecular flexibility index (Phi) is 6.20. The lowest BCUT2D eigenvalue weighted by Gasteiger charge is -2.37. The Morgan fingerprint density at radius 1 is 1.03 bits per heavy atom. The fourth-order valence-corrected chi connectivity index (χ4v) is 4.47. The van der Waals surface area contributed by atoms with E-state index in [1.165, 1.54) is 6.42 Å². The van der Waals surface area contributed by atoms with Gasteiger partial charge in [-0.1, -0.05) is 23.8 Å². The van der Waals surface area contributed by atoms with Gasteiger partial charge in [-0.3, -0.25) is 9.59 Å². The normalized spacial score (nSPS) is 19.5. The lowest BCUT2D eigenvalue weighted by atomic mass is 10.0. The minimum absolute atomic E-state index is 0.0493. The minimum atomic E-state index is -0.0493. The second-order valence-corrected chi connectivity index (χ2v) is 8.64. The first-order valence-electron chi connectivity index (χ1n) is 11.2. The summed E-state index contributed by atoms with van der Waals surface area (Å²) >= 11 is 0. The van der Waals surface area contributed by atoms with E-state index in [2.05, 4.69) is 35.9 Å². The van der Waals surface area contributed by atoms with Crippen LogP contribution >= 0.6 is 0 Å². The smallest absolute Gasteiger partial charge is 0.259 e. The van der Waals surface area contributed by atoms with E-state index in [0.717, 1.165) is 36.3 Å². The molecule has 1 aromatic heterocycles. The number of carbonyl (C=O) groups is 2. The van der Waals surface area contributed by atoms with E-state index >= 15 is 0 Å². The molecule has 4 rings (SSSR count). The molecule has 164 valence electrons. The summed E-state index contributed by atoms with van der Waals surface area (Å²) in [7, 11) is 0. The third-order valence-electron chi connectivity index (χ3n) is 6.36. The number of carbonyl (C=O) groups excluding carboxylic acids is 2. The van der Waals surface area contributed by atoms with Crippen molar-refractivity contribution >= 4 is 17.6 Å². The van der Waals surface area contributed by atoms with Crippen molar-refractivity contribution in [3.05, 3.63) is 41.6 Å². The summed E-state index contributed by atoms with van der Waals surface area (Å²) in [5.74, 6) is 1.39. The molecule has 3 heterocycles. The average molecular weight is 422 g/mol. The maximum absolute atomic E-state index is 13.5. The van der Waals surface area contributed by atoms with Crippen LogP contribution in [0.5, 0.6) is 0 Å². The highest BCUT2D eigenvalue weighted by Gasteiger charge is 2.30. The van der Waals surface area contributed by atoms with Gasteiger partial charge in [-0.2, -0.15) is 0 Å². The second-order valence-electron chi connectivity index (χ2n) is 8.64. The summed E-state index contributed by atoms with van der Waals surface area (Å²) in [5, 5.41) is 0. The van der Waals surface area contributed by atoms with Gasteiger partial charge in [-0.05, 0) is 39.2 Å². The summed E-state index contributed by atoms with van der Waals surface area (Å²) in [6.07, 6.45) is 5.08. The first-order chi connectivity index (χ1) is 14.9. The monoisotopic (exact) mass is 421 g/mol. The molecule has 2 amide bonds. The Bertz CT molecular complexity index is 968. The molecule has 0 spiro atoms. The van der Waals surface area contributed by atoms with Crippen molar-refractivity contribution in [2.75, 3.05) is 37.6 Å². The zero-order chi connectivity index (χ0) is 22.0. The Labute approximate surface area is 184 Å². The molecule has 2 aliphatic heterocycles. The van der Waals surface area contributed by atoms with Crippen LogP contribution in [0.4, 0.5) is 5.82 Å². The van der Waals surface area contributed by atoms with Crippen LogP contribution in [0.15, 0.2) is 30.5 Å². The van der Waals surface area contributed by atoms with Crippen molar-refractivity contribution in [1.82, 2.24) is 19.8 Å². The molecule has 0 radical (unpaired) electrons. The molecule has 2 aromatic rings. The van der Waals surface area contributed by atoms with Gasteiger partial charge < -0.3 is 14.7 Å². The van der Waals surface area contributed by atoms with E-state index in [9.17, 15) is 9.59 Å². The van der Waals surface area contributed by atoms with Gasteiger partial charge in [0.05, 0.1) is 0 Å². The van der Waals surface area contributed by atoms with Crippen LogP contribution in [0.25, 0.3) is 11.4 Å². The van der Waals surface area contributed by atoms with E-state index in [1.54, 1.807) is 18.0 Å². The molecule has 0 bridgehead atoms. The zero-order valence-corrected chi connectivity index (χ0v) is 18.7. The quantitative estimate of drug-likeness (QED) is 0.762. The molecule has 1 aromatic carbocycles. The molecule has 1 atom stereocenters. The molecule has 2 fully saturated rings. The van der Waals surface area contributed by atoms with Crippen LogP contribution < -0.4 is 4.90 Å².